The molecular formula is C63H104O20. The van der Waals surface area contributed by atoms with Crippen LogP contribution in [0.25, 0.3) is 0 Å². The first-order valence-electron chi connectivity index (χ1n) is 30.6. The summed E-state index contributed by atoms with van der Waals surface area (Å²) in [5.41, 5.74) is -1.03. The van der Waals surface area contributed by atoms with Crippen molar-refractivity contribution >= 4 is 11.9 Å². The number of benzene rings is 2. The van der Waals surface area contributed by atoms with E-state index in [0.717, 1.165) is 0 Å². The van der Waals surface area contributed by atoms with Crippen LogP contribution in [0.2, 0.25) is 0 Å². The minimum Gasteiger partial charge on any atom is -0.501 e. The molecule has 0 aliphatic heterocycles. The Morgan fingerprint density at radius 3 is 0.687 bits per heavy atom. The van der Waals surface area contributed by atoms with E-state index in [2.05, 4.69) is 0 Å². The Balaban J connectivity index is 3.76. The second kappa shape index (κ2) is 40.0. The molecule has 0 unspecified atom stereocenters. The van der Waals surface area contributed by atoms with Gasteiger partial charge in [-0.05, 0) is 107 Å². The summed E-state index contributed by atoms with van der Waals surface area (Å²) in [6, 6.07) is 0. The third-order valence-corrected chi connectivity index (χ3v) is 11.6. The maximum absolute atomic E-state index is 15.3. The molecule has 0 aliphatic carbocycles. The van der Waals surface area contributed by atoms with Gasteiger partial charge in [0.2, 0.25) is 34.5 Å². The number of carbonyl (C=O) groups excluding carboxylic acids is 2. The molecule has 0 N–H and O–H groups in total. The van der Waals surface area contributed by atoms with Crippen LogP contribution in [0.4, 0.5) is 0 Å². The lowest BCUT2D eigenvalue weighted by Gasteiger charge is -2.37. The SMILES string of the molecule is CCCOc1c(OC(=O)C(=COCC)C(OCC)(OCC)OCC)c(OCCC)c(OCCC)c(C(C)(C)c2c(OCCC)c(OCCC)c(OC(=O)C(=COCC)C(OCC)(OCC)OCC)c(OCCC)c2OCCC)c1OCCC. The average molecular weight is 1180 g/mol. The molecule has 2 aromatic rings. The molecule has 0 aromatic heterocycles. The van der Waals surface area contributed by atoms with E-state index in [-0.39, 0.29) is 174 Å². The molecule has 0 bridgehead atoms. The molecular weight excluding hydrogens is 1080 g/mol. The van der Waals surface area contributed by atoms with Crippen molar-refractivity contribution in [2.24, 2.45) is 0 Å². The second-order valence-corrected chi connectivity index (χ2v) is 18.9. The highest BCUT2D eigenvalue weighted by molar-refractivity contribution is 5.94. The summed E-state index contributed by atoms with van der Waals surface area (Å²) in [7, 11) is 0. The molecule has 0 aliphatic rings. The Bertz CT molecular complexity index is 1990. The topological polar surface area (TPSA) is 200 Å². The molecule has 0 spiro atoms. The highest BCUT2D eigenvalue weighted by atomic mass is 16.9. The largest absolute Gasteiger partial charge is 0.501 e. The molecule has 0 fully saturated rings. The van der Waals surface area contributed by atoms with E-state index >= 15 is 9.59 Å². The first-order valence-corrected chi connectivity index (χ1v) is 30.6. The molecule has 0 heterocycles. The number of hydrogen-bond acceptors (Lipinski definition) is 20. The highest BCUT2D eigenvalue weighted by Crippen LogP contribution is 2.64. The van der Waals surface area contributed by atoms with Crippen molar-refractivity contribution in [3.63, 3.8) is 0 Å². The molecule has 0 atom stereocenters. The minimum atomic E-state index is -2.04. The van der Waals surface area contributed by atoms with Crippen LogP contribution in [-0.4, -0.2) is 130 Å². The van der Waals surface area contributed by atoms with Gasteiger partial charge in [-0.25, -0.2) is 9.59 Å². The van der Waals surface area contributed by atoms with Crippen LogP contribution < -0.4 is 47.4 Å². The molecule has 83 heavy (non-hydrogen) atoms. The van der Waals surface area contributed by atoms with E-state index in [0.29, 0.717) is 62.5 Å². The smallest absolute Gasteiger partial charge is 0.351 e. The van der Waals surface area contributed by atoms with Crippen LogP contribution in [-0.2, 0) is 52.9 Å². The van der Waals surface area contributed by atoms with Crippen LogP contribution in [0.1, 0.15) is 187 Å². The van der Waals surface area contributed by atoms with Gasteiger partial charge in [0.25, 0.3) is 0 Å². The summed E-state index contributed by atoms with van der Waals surface area (Å²) in [5, 5.41) is 0. The number of rotatable bonds is 48. The van der Waals surface area contributed by atoms with Crippen molar-refractivity contribution in [1.82, 2.24) is 0 Å². The zero-order valence-electron chi connectivity index (χ0n) is 53.8. The number of carbonyl (C=O) groups is 2. The van der Waals surface area contributed by atoms with Gasteiger partial charge in [0.1, 0.15) is 12.5 Å². The Morgan fingerprint density at radius 2 is 0.506 bits per heavy atom. The lowest BCUT2D eigenvalue weighted by atomic mass is 9.75. The quantitative estimate of drug-likeness (QED) is 0.0199. The van der Waals surface area contributed by atoms with Gasteiger partial charge in [0.15, 0.2) is 34.1 Å². The fourth-order valence-corrected chi connectivity index (χ4v) is 8.41. The van der Waals surface area contributed by atoms with Crippen molar-refractivity contribution in [2.75, 3.05) is 106 Å². The molecule has 2 aromatic carbocycles. The lowest BCUT2D eigenvalue weighted by Crippen LogP contribution is -2.45. The van der Waals surface area contributed by atoms with Gasteiger partial charge in [-0.3, -0.25) is 0 Å². The zero-order valence-corrected chi connectivity index (χ0v) is 53.8. The number of esters is 2. The van der Waals surface area contributed by atoms with Crippen LogP contribution in [0, 0.1) is 0 Å². The van der Waals surface area contributed by atoms with E-state index < -0.39 is 29.3 Å². The second-order valence-electron chi connectivity index (χ2n) is 18.9. The van der Waals surface area contributed by atoms with Gasteiger partial charge in [0, 0.05) is 45.1 Å². The van der Waals surface area contributed by atoms with Gasteiger partial charge >= 0.3 is 23.9 Å². The van der Waals surface area contributed by atoms with Crippen molar-refractivity contribution in [3.05, 3.63) is 34.8 Å². The Morgan fingerprint density at radius 1 is 0.301 bits per heavy atom. The van der Waals surface area contributed by atoms with Crippen molar-refractivity contribution in [3.8, 4) is 57.5 Å². The van der Waals surface area contributed by atoms with Gasteiger partial charge in [-0.1, -0.05) is 69.2 Å². The number of ether oxygens (including phenoxy) is 18. The predicted octanol–water partition coefficient (Wildman–Crippen LogP) is 13.5. The van der Waals surface area contributed by atoms with E-state index in [1.807, 2.05) is 69.2 Å². The van der Waals surface area contributed by atoms with Crippen LogP contribution in [0.3, 0.4) is 0 Å². The van der Waals surface area contributed by atoms with E-state index in [1.54, 1.807) is 55.4 Å². The first kappa shape index (κ1) is 73.7. The van der Waals surface area contributed by atoms with Gasteiger partial charge in [-0.2, -0.15) is 0 Å². The molecule has 0 amide bonds. The Labute approximate surface area is 496 Å². The number of hydrogen-bond donors (Lipinski definition) is 0. The molecule has 20 nitrogen and oxygen atoms in total. The summed E-state index contributed by atoms with van der Waals surface area (Å²) in [6.45, 7) is 36.0. The van der Waals surface area contributed by atoms with E-state index in [1.165, 1.54) is 12.5 Å². The lowest BCUT2D eigenvalue weighted by molar-refractivity contribution is -0.353. The van der Waals surface area contributed by atoms with Crippen molar-refractivity contribution < 1.29 is 94.9 Å². The monoisotopic (exact) mass is 1180 g/mol. The summed E-state index contributed by atoms with van der Waals surface area (Å²) in [6.07, 6.45) is 6.82. The molecule has 2 rings (SSSR count). The molecule has 0 saturated heterocycles. The summed E-state index contributed by atoms with van der Waals surface area (Å²) < 4.78 is 117. The minimum absolute atomic E-state index is 0.0368. The third-order valence-electron chi connectivity index (χ3n) is 11.6. The van der Waals surface area contributed by atoms with Crippen molar-refractivity contribution in [1.29, 1.82) is 0 Å². The maximum atomic E-state index is 15.3. The molecule has 20 heteroatoms. The third kappa shape index (κ3) is 19.8. The first-order chi connectivity index (χ1) is 40.1. The average Bonchev–Trinajstić information content (AvgIpc) is 1.70. The molecule has 476 valence electrons. The fourth-order valence-electron chi connectivity index (χ4n) is 8.41. The van der Waals surface area contributed by atoms with Crippen molar-refractivity contribution in [2.45, 2.75) is 193 Å². The van der Waals surface area contributed by atoms with Gasteiger partial charge in [0.05, 0.1) is 77.2 Å². The van der Waals surface area contributed by atoms with Crippen LogP contribution >= 0.6 is 0 Å². The fraction of sp³-hybridized carbons (Fsp3) is 0.714. The van der Waals surface area contributed by atoms with Gasteiger partial charge in [-0.15, -0.1) is 0 Å². The van der Waals surface area contributed by atoms with Crippen LogP contribution in [0.5, 0.6) is 57.5 Å². The molecule has 0 saturated carbocycles. The summed E-state index contributed by atoms with van der Waals surface area (Å²) >= 11 is 0. The maximum Gasteiger partial charge on any atom is 0.351 e. The van der Waals surface area contributed by atoms with Gasteiger partial charge < -0.3 is 85.3 Å². The molecule has 0 radical (unpaired) electrons. The zero-order chi connectivity index (χ0) is 61.9. The van der Waals surface area contributed by atoms with E-state index in [9.17, 15) is 0 Å². The predicted molar refractivity (Wildman–Crippen MR) is 317 cm³/mol. The normalized spacial score (nSPS) is 12.2. The highest BCUT2D eigenvalue weighted by Gasteiger charge is 2.49. The summed E-state index contributed by atoms with van der Waals surface area (Å²) in [5.74, 6) is -5.47. The standard InChI is InChI=1S/C63H104O20/c1-19-35-68-49-47(50(69-36-20-2)54(73-40-24-6)57(53(49)72-39-23-5)82-59(64)45(43-66-27-9)62(76-29-11,77-30-12)78-31-13)61(17,18)48-51(70-37-21-3)55(74-41-25-7)58(56(75-42-26-8)52(48)71-38-22-4)83-60(65)46(44-67-28-10)63(79-32-14,80-33-15)81-34-16/h43-44H,19-42H2,1-18H3. The summed E-state index contributed by atoms with van der Waals surface area (Å²) in [4.78, 5) is 30.5. The Hall–Kier alpha value is -5.38. The Kier molecular flexibility index (Phi) is 35.6. The van der Waals surface area contributed by atoms with Crippen LogP contribution in [0.15, 0.2) is 23.7 Å². The van der Waals surface area contributed by atoms with E-state index in [4.69, 9.17) is 85.3 Å².